The van der Waals surface area contributed by atoms with E-state index in [0.717, 1.165) is 0 Å². The van der Waals surface area contributed by atoms with Crippen LogP contribution in [0.2, 0.25) is 0 Å². The van der Waals surface area contributed by atoms with Gasteiger partial charge in [-0.05, 0) is 6.42 Å². The summed E-state index contributed by atoms with van der Waals surface area (Å²) in [7, 11) is 0. The van der Waals surface area contributed by atoms with E-state index in [1.54, 1.807) is 0 Å². The predicted molar refractivity (Wildman–Crippen MR) is 117 cm³/mol. The van der Waals surface area contributed by atoms with Gasteiger partial charge in [-0.25, -0.2) is 9.78 Å². The van der Waals surface area contributed by atoms with Gasteiger partial charge in [-0.1, -0.05) is 0 Å². The minimum Gasteiger partial charge on any atom is -0.481 e. The van der Waals surface area contributed by atoms with Crippen LogP contribution in [-0.4, -0.2) is 91.0 Å². The van der Waals surface area contributed by atoms with Gasteiger partial charge in [-0.3, -0.25) is 28.8 Å². The van der Waals surface area contributed by atoms with E-state index >= 15 is 0 Å². The Morgan fingerprint density at radius 1 is 0.861 bits per heavy atom. The summed E-state index contributed by atoms with van der Waals surface area (Å²) in [6.07, 6.45) is -0.0466. The number of amides is 4. The number of imidazole rings is 1. The summed E-state index contributed by atoms with van der Waals surface area (Å²) in [5, 5.41) is 33.4. The Morgan fingerprint density at radius 2 is 1.42 bits per heavy atom. The van der Waals surface area contributed by atoms with Crippen LogP contribution in [0.25, 0.3) is 0 Å². The molecule has 11 N–H and O–H groups in total. The molecule has 0 aliphatic heterocycles. The fraction of sp³-hybridized carbons (Fsp3) is 0.474. The Morgan fingerprint density at radius 3 is 1.92 bits per heavy atom. The van der Waals surface area contributed by atoms with Gasteiger partial charge in [0.15, 0.2) is 0 Å². The molecular formula is C19H27N7O10. The molecule has 0 saturated heterocycles. The van der Waals surface area contributed by atoms with E-state index in [9.17, 15) is 38.7 Å². The second-order valence-electron chi connectivity index (χ2n) is 7.61. The second kappa shape index (κ2) is 14.0. The molecule has 4 atom stereocenters. The number of hydrogen-bond acceptors (Lipinski definition) is 9. The molecule has 198 valence electrons. The molecule has 0 aromatic carbocycles. The highest BCUT2D eigenvalue weighted by atomic mass is 16.4. The third-order valence-corrected chi connectivity index (χ3v) is 4.65. The van der Waals surface area contributed by atoms with Gasteiger partial charge in [0.25, 0.3) is 0 Å². The molecule has 1 aromatic heterocycles. The first kappa shape index (κ1) is 29.5. The van der Waals surface area contributed by atoms with E-state index < -0.39 is 78.5 Å². The fourth-order valence-corrected chi connectivity index (χ4v) is 2.86. The van der Waals surface area contributed by atoms with Gasteiger partial charge in [0.1, 0.15) is 18.1 Å². The highest BCUT2D eigenvalue weighted by Gasteiger charge is 2.32. The number of carbonyl (C=O) groups is 7. The van der Waals surface area contributed by atoms with Crippen molar-refractivity contribution < 1.29 is 48.9 Å². The summed E-state index contributed by atoms with van der Waals surface area (Å²) >= 11 is 0. The van der Waals surface area contributed by atoms with Crippen molar-refractivity contribution >= 4 is 41.5 Å². The number of rotatable bonds is 16. The Hall–Kier alpha value is -4.54. The molecule has 17 nitrogen and oxygen atoms in total. The maximum absolute atomic E-state index is 12.9. The normalized spacial score (nSPS) is 13.9. The molecule has 0 bridgehead atoms. The van der Waals surface area contributed by atoms with E-state index in [4.69, 9.17) is 21.7 Å². The maximum atomic E-state index is 12.9. The number of H-pyrrole nitrogens is 1. The molecule has 17 heteroatoms. The zero-order valence-corrected chi connectivity index (χ0v) is 18.8. The molecule has 0 saturated carbocycles. The van der Waals surface area contributed by atoms with Crippen LogP contribution in [0.5, 0.6) is 0 Å². The second-order valence-corrected chi connectivity index (χ2v) is 7.61. The summed E-state index contributed by atoms with van der Waals surface area (Å²) < 4.78 is 0. The topological polar surface area (TPSA) is 297 Å². The zero-order chi connectivity index (χ0) is 27.4. The summed E-state index contributed by atoms with van der Waals surface area (Å²) in [6.45, 7) is 0. The average Bonchev–Trinajstić information content (AvgIpc) is 3.27. The van der Waals surface area contributed by atoms with E-state index in [2.05, 4.69) is 20.6 Å². The lowest BCUT2D eigenvalue weighted by Crippen LogP contribution is -2.58. The van der Waals surface area contributed by atoms with Crippen LogP contribution in [-0.2, 0) is 40.0 Å². The van der Waals surface area contributed by atoms with Crippen LogP contribution in [0.4, 0.5) is 0 Å². The number of aromatic amines is 1. The Balaban J connectivity index is 3.10. The maximum Gasteiger partial charge on any atom is 0.326 e. The first-order chi connectivity index (χ1) is 16.8. The number of aromatic nitrogens is 2. The number of carboxylic acids is 3. The standard InChI is InChI=1S/C19H27N7O10/c20-9(4-14(28)29)16(32)24-10(1-2-13(21)27)17(33)25-11(3-8-6-22-7-23-8)18(34)26-12(19(35)36)5-15(30)31/h6-7,9-12H,1-5,20H2,(H2,21,27)(H,22,23)(H,24,32)(H,25,33)(H,26,34)(H,28,29)(H,30,31)(H,35,36). The molecule has 0 aliphatic carbocycles. The van der Waals surface area contributed by atoms with E-state index in [-0.39, 0.29) is 19.3 Å². The van der Waals surface area contributed by atoms with E-state index in [1.165, 1.54) is 12.5 Å². The van der Waals surface area contributed by atoms with Gasteiger partial charge in [0, 0.05) is 24.7 Å². The Bertz CT molecular complexity index is 981. The first-order valence-corrected chi connectivity index (χ1v) is 10.4. The number of hydrogen-bond donors (Lipinski definition) is 9. The quantitative estimate of drug-likeness (QED) is 0.102. The minimum atomic E-state index is -1.81. The van der Waals surface area contributed by atoms with Gasteiger partial charge in [-0.15, -0.1) is 0 Å². The summed E-state index contributed by atoms with van der Waals surface area (Å²) in [5.41, 5.74) is 10.9. The minimum absolute atomic E-state index is 0.244. The third-order valence-electron chi connectivity index (χ3n) is 4.65. The summed E-state index contributed by atoms with van der Waals surface area (Å²) in [6, 6.07) is -6.29. The first-order valence-electron chi connectivity index (χ1n) is 10.4. The summed E-state index contributed by atoms with van der Waals surface area (Å²) in [4.78, 5) is 88.6. The Kier molecular flexibility index (Phi) is 11.5. The van der Waals surface area contributed by atoms with Crippen molar-refractivity contribution in [3.8, 4) is 0 Å². The highest BCUT2D eigenvalue weighted by molar-refractivity contribution is 5.95. The van der Waals surface area contributed by atoms with Crippen molar-refractivity contribution in [2.45, 2.75) is 56.3 Å². The molecular weight excluding hydrogens is 486 g/mol. The number of carbonyl (C=O) groups excluding carboxylic acids is 4. The van der Waals surface area contributed by atoms with E-state index in [1.807, 2.05) is 5.32 Å². The predicted octanol–water partition coefficient (Wildman–Crippen LogP) is -3.97. The monoisotopic (exact) mass is 513 g/mol. The number of nitrogens with two attached hydrogens (primary N) is 2. The highest BCUT2D eigenvalue weighted by Crippen LogP contribution is 2.05. The molecule has 0 radical (unpaired) electrons. The van der Waals surface area contributed by atoms with Gasteiger partial charge in [-0.2, -0.15) is 0 Å². The third kappa shape index (κ3) is 10.6. The van der Waals surface area contributed by atoms with Gasteiger partial charge >= 0.3 is 17.9 Å². The lowest BCUT2D eigenvalue weighted by Gasteiger charge is -2.24. The van der Waals surface area contributed by atoms with Crippen LogP contribution in [0, 0.1) is 0 Å². The summed E-state index contributed by atoms with van der Waals surface area (Å²) in [5.74, 6) is -8.40. The fourth-order valence-electron chi connectivity index (χ4n) is 2.86. The van der Waals surface area contributed by atoms with Gasteiger partial charge in [0.2, 0.25) is 23.6 Å². The number of nitrogens with one attached hydrogen (secondary N) is 4. The molecule has 1 heterocycles. The Labute approximate surface area is 203 Å². The molecule has 0 spiro atoms. The number of nitrogens with zero attached hydrogens (tertiary/aromatic N) is 1. The van der Waals surface area contributed by atoms with Crippen LogP contribution >= 0.6 is 0 Å². The molecule has 36 heavy (non-hydrogen) atoms. The van der Waals surface area contributed by atoms with Gasteiger partial charge < -0.3 is 47.7 Å². The van der Waals surface area contributed by atoms with Crippen molar-refractivity contribution in [3.05, 3.63) is 18.2 Å². The lowest BCUT2D eigenvalue weighted by atomic mass is 10.1. The molecule has 0 aliphatic rings. The van der Waals surface area contributed by atoms with Crippen LogP contribution in [0.3, 0.4) is 0 Å². The number of aliphatic carboxylic acids is 3. The number of carboxylic acid groups (broad SMARTS) is 3. The number of primary amides is 1. The molecule has 1 aromatic rings. The molecule has 4 unspecified atom stereocenters. The smallest absolute Gasteiger partial charge is 0.326 e. The SMILES string of the molecule is NC(=O)CCC(NC(=O)C(N)CC(=O)O)C(=O)NC(Cc1cnc[nH]1)C(=O)NC(CC(=O)O)C(=O)O. The molecule has 4 amide bonds. The average molecular weight is 513 g/mol. The van der Waals surface area contributed by atoms with Crippen molar-refractivity contribution in [2.75, 3.05) is 0 Å². The van der Waals surface area contributed by atoms with Crippen LogP contribution < -0.4 is 27.4 Å². The van der Waals surface area contributed by atoms with Crippen LogP contribution in [0.1, 0.15) is 31.4 Å². The van der Waals surface area contributed by atoms with Gasteiger partial charge in [0.05, 0.1) is 25.2 Å². The van der Waals surface area contributed by atoms with Crippen LogP contribution in [0.15, 0.2) is 12.5 Å². The largest absolute Gasteiger partial charge is 0.481 e. The van der Waals surface area contributed by atoms with Crippen molar-refractivity contribution in [1.82, 2.24) is 25.9 Å². The lowest BCUT2D eigenvalue weighted by molar-refractivity contribution is -0.147. The van der Waals surface area contributed by atoms with E-state index in [0.29, 0.717) is 5.69 Å². The van der Waals surface area contributed by atoms with Crippen molar-refractivity contribution in [3.63, 3.8) is 0 Å². The van der Waals surface area contributed by atoms with Crippen molar-refractivity contribution in [1.29, 1.82) is 0 Å². The zero-order valence-electron chi connectivity index (χ0n) is 18.8. The molecule has 0 fully saturated rings. The molecule has 1 rings (SSSR count). The van der Waals surface area contributed by atoms with Crippen molar-refractivity contribution in [2.24, 2.45) is 11.5 Å².